The molecule has 7 heteroatoms. The number of carbonyl (C=O) groups is 2. The normalized spacial score (nSPS) is 11.6. The first-order valence-electron chi connectivity index (χ1n) is 9.12. The molecule has 2 amide bonds. The molecule has 6 nitrogen and oxygen atoms in total. The quantitative estimate of drug-likeness (QED) is 0.423. The highest BCUT2D eigenvalue weighted by Gasteiger charge is 2.16. The molecule has 0 spiro atoms. The molecule has 1 heterocycles. The number of carbonyl (C=O) groups excluding carboxylic acids is 2. The van der Waals surface area contributed by atoms with Gasteiger partial charge in [0.25, 0.3) is 11.8 Å². The number of anilines is 1. The average Bonchev–Trinajstić information content (AvgIpc) is 3.24. The molecule has 0 aliphatic heterocycles. The molecule has 1 atom stereocenters. The minimum Gasteiger partial charge on any atom is -0.378 e. The Bertz CT molecular complexity index is 1010. The number of amides is 2. The van der Waals surface area contributed by atoms with E-state index in [0.717, 1.165) is 33.7 Å². The zero-order valence-electron chi connectivity index (χ0n) is 16.5. The third-order valence-corrected chi connectivity index (χ3v) is 5.69. The number of nitrogens with zero attached hydrogens (tertiary/aromatic N) is 1. The summed E-state index contributed by atoms with van der Waals surface area (Å²) in [5.41, 5.74) is 5.87. The van der Waals surface area contributed by atoms with E-state index >= 15 is 0 Å². The van der Waals surface area contributed by atoms with Gasteiger partial charge in [-0.15, -0.1) is 11.3 Å². The minimum absolute atomic E-state index is 0.208. The molecular formula is C22H23N3O3S. The number of hydrogen-bond acceptors (Lipinski definition) is 5. The van der Waals surface area contributed by atoms with Gasteiger partial charge in [0.1, 0.15) is 0 Å². The molecule has 1 unspecified atom stereocenters. The highest BCUT2D eigenvalue weighted by molar-refractivity contribution is 7.15. The first-order valence-corrected chi connectivity index (χ1v) is 9.93. The van der Waals surface area contributed by atoms with Crippen LogP contribution in [0, 0.1) is 0 Å². The maximum atomic E-state index is 12.5. The highest BCUT2D eigenvalue weighted by Crippen LogP contribution is 2.26. The summed E-state index contributed by atoms with van der Waals surface area (Å²) in [6.45, 7) is 1.92. The molecule has 0 fully saturated rings. The van der Waals surface area contributed by atoms with Gasteiger partial charge in [-0.25, -0.2) is 5.48 Å². The lowest BCUT2D eigenvalue weighted by Crippen LogP contribution is -2.25. The molecule has 3 N–H and O–H groups in total. The maximum absolute atomic E-state index is 12.5. The summed E-state index contributed by atoms with van der Waals surface area (Å²) in [6.07, 6.45) is 0. The molecule has 3 aromatic rings. The molecule has 29 heavy (non-hydrogen) atoms. The van der Waals surface area contributed by atoms with Crippen LogP contribution in [-0.4, -0.2) is 31.1 Å². The Kier molecular flexibility index (Phi) is 6.31. The van der Waals surface area contributed by atoms with E-state index < -0.39 is 5.91 Å². The number of nitrogens with one attached hydrogen (secondary N) is 2. The smallest absolute Gasteiger partial charge is 0.284 e. The number of hydrogen-bond donors (Lipinski definition) is 3. The van der Waals surface area contributed by atoms with Gasteiger partial charge in [0.15, 0.2) is 0 Å². The Balaban J connectivity index is 1.73. The fourth-order valence-corrected chi connectivity index (χ4v) is 3.73. The van der Waals surface area contributed by atoms with Crippen LogP contribution in [0.1, 0.15) is 37.9 Å². The van der Waals surface area contributed by atoms with Crippen molar-refractivity contribution in [2.45, 2.75) is 13.0 Å². The zero-order valence-corrected chi connectivity index (χ0v) is 17.3. The topological polar surface area (TPSA) is 81.7 Å². The van der Waals surface area contributed by atoms with Gasteiger partial charge in [-0.3, -0.25) is 14.8 Å². The van der Waals surface area contributed by atoms with Crippen LogP contribution < -0.4 is 15.7 Å². The van der Waals surface area contributed by atoms with Crippen molar-refractivity contribution in [1.29, 1.82) is 0 Å². The number of thiophene rings is 1. The van der Waals surface area contributed by atoms with Crippen LogP contribution in [-0.2, 0) is 0 Å². The molecule has 0 aliphatic carbocycles. The molecular weight excluding hydrogens is 386 g/mol. The van der Waals surface area contributed by atoms with Gasteiger partial charge < -0.3 is 10.2 Å². The number of hydroxylamine groups is 1. The van der Waals surface area contributed by atoms with Crippen LogP contribution in [0.5, 0.6) is 0 Å². The molecule has 0 radical (unpaired) electrons. The lowest BCUT2D eigenvalue weighted by Gasteiger charge is -2.16. The first kappa shape index (κ1) is 20.6. The summed E-state index contributed by atoms with van der Waals surface area (Å²) in [6, 6.07) is 19.2. The van der Waals surface area contributed by atoms with Gasteiger partial charge in [0.05, 0.1) is 15.8 Å². The van der Waals surface area contributed by atoms with Crippen LogP contribution in [0.2, 0.25) is 0 Å². The van der Waals surface area contributed by atoms with E-state index in [1.54, 1.807) is 11.5 Å². The lowest BCUT2D eigenvalue weighted by molar-refractivity contribution is 0.0711. The fraction of sp³-hybridized carbons (Fsp3) is 0.182. The maximum Gasteiger partial charge on any atom is 0.284 e. The molecule has 0 aliphatic rings. The fourth-order valence-electron chi connectivity index (χ4n) is 2.93. The van der Waals surface area contributed by atoms with E-state index in [1.807, 2.05) is 39.2 Å². The van der Waals surface area contributed by atoms with E-state index in [4.69, 9.17) is 5.21 Å². The SMILES string of the molecule is CC(NC(=O)c1ccc(C(=O)NO)s1)c1cccc(-c2ccc(N(C)C)cc2)c1. The van der Waals surface area contributed by atoms with Crippen molar-refractivity contribution in [3.8, 4) is 11.1 Å². The molecule has 0 bridgehead atoms. The molecule has 0 saturated carbocycles. The van der Waals surface area contributed by atoms with Crippen molar-refractivity contribution >= 4 is 28.8 Å². The second-order valence-electron chi connectivity index (χ2n) is 6.87. The Hall–Kier alpha value is -3.16. The van der Waals surface area contributed by atoms with Crippen LogP contribution in [0.15, 0.2) is 60.7 Å². The summed E-state index contributed by atoms with van der Waals surface area (Å²) >= 11 is 1.03. The number of rotatable bonds is 6. The van der Waals surface area contributed by atoms with Gasteiger partial charge >= 0.3 is 0 Å². The molecule has 1 aromatic heterocycles. The third-order valence-electron chi connectivity index (χ3n) is 4.61. The van der Waals surface area contributed by atoms with E-state index in [-0.39, 0.29) is 16.8 Å². The lowest BCUT2D eigenvalue weighted by atomic mass is 10.00. The van der Waals surface area contributed by atoms with E-state index in [9.17, 15) is 9.59 Å². The summed E-state index contributed by atoms with van der Waals surface area (Å²) in [5.74, 6) is -0.893. The van der Waals surface area contributed by atoms with Crippen molar-refractivity contribution in [3.63, 3.8) is 0 Å². The summed E-state index contributed by atoms with van der Waals surface area (Å²) in [4.78, 5) is 26.7. The van der Waals surface area contributed by atoms with Crippen molar-refractivity contribution in [3.05, 3.63) is 76.0 Å². The Morgan fingerprint density at radius 2 is 1.59 bits per heavy atom. The van der Waals surface area contributed by atoms with Crippen molar-refractivity contribution in [2.24, 2.45) is 0 Å². The van der Waals surface area contributed by atoms with E-state index in [1.165, 1.54) is 6.07 Å². The van der Waals surface area contributed by atoms with Gasteiger partial charge in [-0.05, 0) is 53.9 Å². The van der Waals surface area contributed by atoms with Crippen LogP contribution >= 0.6 is 11.3 Å². The van der Waals surface area contributed by atoms with E-state index in [0.29, 0.717) is 4.88 Å². The first-order chi connectivity index (χ1) is 13.9. The Morgan fingerprint density at radius 3 is 2.21 bits per heavy atom. The zero-order chi connectivity index (χ0) is 21.0. The Labute approximate surface area is 173 Å². The van der Waals surface area contributed by atoms with Crippen LogP contribution in [0.25, 0.3) is 11.1 Å². The van der Waals surface area contributed by atoms with Gasteiger partial charge in [0, 0.05) is 19.8 Å². The van der Waals surface area contributed by atoms with Gasteiger partial charge in [-0.1, -0.05) is 30.3 Å². The predicted octanol–water partition coefficient (Wildman–Crippen LogP) is 4.09. The number of benzene rings is 2. The van der Waals surface area contributed by atoms with Crippen molar-refractivity contribution in [1.82, 2.24) is 10.8 Å². The predicted molar refractivity (Wildman–Crippen MR) is 116 cm³/mol. The molecule has 3 rings (SSSR count). The Morgan fingerprint density at radius 1 is 0.931 bits per heavy atom. The van der Waals surface area contributed by atoms with Crippen molar-refractivity contribution < 1.29 is 14.8 Å². The second kappa shape index (κ2) is 8.89. The van der Waals surface area contributed by atoms with Crippen LogP contribution in [0.3, 0.4) is 0 Å². The van der Waals surface area contributed by atoms with Gasteiger partial charge in [0.2, 0.25) is 0 Å². The highest BCUT2D eigenvalue weighted by atomic mass is 32.1. The van der Waals surface area contributed by atoms with Crippen LogP contribution in [0.4, 0.5) is 5.69 Å². The molecule has 2 aromatic carbocycles. The van der Waals surface area contributed by atoms with Gasteiger partial charge in [-0.2, -0.15) is 0 Å². The molecule has 0 saturated heterocycles. The monoisotopic (exact) mass is 409 g/mol. The van der Waals surface area contributed by atoms with Crippen molar-refractivity contribution in [2.75, 3.05) is 19.0 Å². The molecule has 150 valence electrons. The summed E-state index contributed by atoms with van der Waals surface area (Å²) in [7, 11) is 4.01. The summed E-state index contributed by atoms with van der Waals surface area (Å²) < 4.78 is 0. The standard InChI is InChI=1S/C22H23N3O3S/c1-14(23-21(26)19-11-12-20(29-19)22(27)24-28)16-5-4-6-17(13-16)15-7-9-18(10-8-15)25(2)3/h4-14,28H,1-3H3,(H,23,26)(H,24,27). The largest absolute Gasteiger partial charge is 0.378 e. The third kappa shape index (κ3) is 4.82. The van der Waals surface area contributed by atoms with E-state index in [2.05, 4.69) is 40.5 Å². The minimum atomic E-state index is -0.630. The second-order valence-corrected chi connectivity index (χ2v) is 7.95. The average molecular weight is 410 g/mol. The summed E-state index contributed by atoms with van der Waals surface area (Å²) in [5, 5.41) is 11.7.